The van der Waals surface area contributed by atoms with E-state index in [0.29, 0.717) is 50.1 Å². The number of carbonyl (C=O) groups is 3. The van der Waals surface area contributed by atoms with Crippen LogP contribution in [-0.4, -0.2) is 83.8 Å². The maximum Gasteiger partial charge on any atom is 0.338 e. The Morgan fingerprint density at radius 1 is 1.02 bits per heavy atom. The highest BCUT2D eigenvalue weighted by molar-refractivity contribution is 5.92. The molecule has 0 bridgehead atoms. The van der Waals surface area contributed by atoms with Crippen LogP contribution < -0.4 is 11.0 Å². The first kappa shape index (κ1) is 35.0. The van der Waals surface area contributed by atoms with Crippen molar-refractivity contribution in [3.63, 3.8) is 0 Å². The number of para-hydroxylation sites is 2. The number of aromatic nitrogens is 2. The van der Waals surface area contributed by atoms with Gasteiger partial charge in [0.2, 0.25) is 0 Å². The van der Waals surface area contributed by atoms with E-state index in [9.17, 15) is 19.2 Å². The molecule has 5 rings (SSSR count). The van der Waals surface area contributed by atoms with Gasteiger partial charge < -0.3 is 24.3 Å². The van der Waals surface area contributed by atoms with Crippen molar-refractivity contribution in [1.82, 2.24) is 19.4 Å². The van der Waals surface area contributed by atoms with Crippen LogP contribution in [0, 0.1) is 11.8 Å². The number of nitrogens with zero attached hydrogens (tertiary/aromatic N) is 3. The number of hydrogen-bond acceptors (Lipinski definition) is 9. The fraction of sp³-hybridized carbons (Fsp3) is 0.588. The third-order valence-corrected chi connectivity index (χ3v) is 8.07. The normalized spacial score (nSPS) is 17.9. The monoisotopic (exact) mass is 640 g/mol. The molecule has 252 valence electrons. The van der Waals surface area contributed by atoms with Crippen molar-refractivity contribution in [2.45, 2.75) is 71.9 Å². The third-order valence-electron chi connectivity index (χ3n) is 8.07. The van der Waals surface area contributed by atoms with E-state index in [4.69, 9.17) is 18.9 Å². The van der Waals surface area contributed by atoms with Crippen LogP contribution in [0.5, 0.6) is 0 Å². The van der Waals surface area contributed by atoms with E-state index in [1.165, 1.54) is 10.8 Å². The topological polar surface area (TPSA) is 130 Å². The molecule has 4 heterocycles. The maximum absolute atomic E-state index is 12.9. The Morgan fingerprint density at radius 3 is 2.30 bits per heavy atom. The molecule has 3 aliphatic heterocycles. The van der Waals surface area contributed by atoms with Crippen LogP contribution in [0.3, 0.4) is 0 Å². The number of fused-ring (bicyclic) bond motifs is 1. The summed E-state index contributed by atoms with van der Waals surface area (Å²) in [7, 11) is 0. The van der Waals surface area contributed by atoms with Gasteiger partial charge in [-0.05, 0) is 90.5 Å². The molecule has 0 aliphatic carbocycles. The average Bonchev–Trinajstić information content (AvgIpc) is 3.35. The first-order valence-electron chi connectivity index (χ1n) is 16.1. The lowest BCUT2D eigenvalue weighted by Crippen LogP contribution is -2.43. The molecule has 1 aromatic carbocycles. The molecule has 1 N–H and O–H groups in total. The van der Waals surface area contributed by atoms with Gasteiger partial charge in [0.1, 0.15) is 18.9 Å². The number of amides is 1. The van der Waals surface area contributed by atoms with Gasteiger partial charge in [0, 0.05) is 38.9 Å². The molecule has 2 fully saturated rings. The number of ether oxygens (including phenoxy) is 4. The van der Waals surface area contributed by atoms with E-state index in [1.807, 2.05) is 52.8 Å². The molecule has 0 spiro atoms. The zero-order valence-electron chi connectivity index (χ0n) is 27.7. The highest BCUT2D eigenvalue weighted by Gasteiger charge is 2.26. The zero-order valence-corrected chi connectivity index (χ0v) is 27.7. The number of rotatable bonds is 7. The zero-order chi connectivity index (χ0) is 33.3. The second-order valence-electron chi connectivity index (χ2n) is 13.1. The Balaban J connectivity index is 0.000000310. The van der Waals surface area contributed by atoms with Gasteiger partial charge in [-0.3, -0.25) is 14.3 Å². The fourth-order valence-electron chi connectivity index (χ4n) is 5.57. The van der Waals surface area contributed by atoms with Crippen LogP contribution in [0.2, 0.25) is 0 Å². The van der Waals surface area contributed by atoms with Crippen LogP contribution in [0.25, 0.3) is 11.0 Å². The lowest BCUT2D eigenvalue weighted by molar-refractivity contribution is -0.157. The average molecular weight is 641 g/mol. The van der Waals surface area contributed by atoms with Crippen molar-refractivity contribution in [3.8, 4) is 0 Å². The smallest absolute Gasteiger partial charge is 0.338 e. The first-order valence-corrected chi connectivity index (χ1v) is 16.1. The number of imidazole rings is 1. The fourth-order valence-corrected chi connectivity index (χ4v) is 5.57. The number of esters is 2. The number of nitrogens with one attached hydrogen (secondary N) is 1. The molecule has 1 amide bonds. The van der Waals surface area contributed by atoms with Crippen molar-refractivity contribution in [3.05, 3.63) is 58.7 Å². The molecule has 2 aromatic rings. The Kier molecular flexibility index (Phi) is 12.2. The van der Waals surface area contributed by atoms with Crippen LogP contribution in [0.4, 0.5) is 4.79 Å². The molecule has 3 aliphatic rings. The number of carbonyl (C=O) groups excluding carboxylic acids is 3. The lowest BCUT2D eigenvalue weighted by atomic mass is 9.97. The summed E-state index contributed by atoms with van der Waals surface area (Å²) in [6.07, 6.45) is 8.08. The Labute approximate surface area is 270 Å². The summed E-state index contributed by atoms with van der Waals surface area (Å²) < 4.78 is 23.8. The minimum Gasteiger partial charge on any atom is -0.497 e. The Bertz CT molecular complexity index is 1470. The van der Waals surface area contributed by atoms with Crippen LogP contribution in [-0.2, 0) is 28.5 Å². The van der Waals surface area contributed by atoms with Gasteiger partial charge in [0.15, 0.2) is 0 Å². The van der Waals surface area contributed by atoms with Gasteiger partial charge in [-0.25, -0.2) is 19.0 Å². The first-order chi connectivity index (χ1) is 21.9. The summed E-state index contributed by atoms with van der Waals surface area (Å²) in [5.74, 6) is -0.146. The second kappa shape index (κ2) is 16.1. The van der Waals surface area contributed by atoms with Crippen LogP contribution in [0.15, 0.2) is 53.0 Å². The highest BCUT2D eigenvalue weighted by Crippen LogP contribution is 2.20. The van der Waals surface area contributed by atoms with E-state index in [-0.39, 0.29) is 35.6 Å². The number of piperidine rings is 1. The van der Waals surface area contributed by atoms with Gasteiger partial charge in [0.25, 0.3) is 0 Å². The summed E-state index contributed by atoms with van der Waals surface area (Å²) >= 11 is 0. The maximum atomic E-state index is 12.9. The molecule has 0 radical (unpaired) electrons. The van der Waals surface area contributed by atoms with Crippen molar-refractivity contribution in [1.29, 1.82) is 0 Å². The quantitative estimate of drug-likeness (QED) is 0.438. The van der Waals surface area contributed by atoms with Crippen molar-refractivity contribution in [2.75, 3.05) is 46.2 Å². The largest absolute Gasteiger partial charge is 0.497 e. The Hall–Kier alpha value is -3.90. The van der Waals surface area contributed by atoms with E-state index in [0.717, 1.165) is 44.3 Å². The highest BCUT2D eigenvalue weighted by atomic mass is 16.6. The standard InChI is InChI=1S/C24H34N4O5.C10H14O3/c1-17(2)27-20-5-3-4-6-21(20)28(24(27)31)23(30)25-15-18-7-11-26(12-8-18)16-33-22(29)19-9-13-32-14-10-19;1-10(2,3)13-9(11)8-4-6-12-7-5-8/h3-6,17-19H,7-16H2,1-2H3,(H,25,30);4-6H,7H2,1-3H3. The van der Waals surface area contributed by atoms with Gasteiger partial charge in [-0.15, -0.1) is 0 Å². The molecule has 12 heteroatoms. The molecule has 0 unspecified atom stereocenters. The predicted molar refractivity (Wildman–Crippen MR) is 173 cm³/mol. The lowest BCUT2D eigenvalue weighted by Gasteiger charge is -2.32. The molecular formula is C34H48N4O8. The van der Waals surface area contributed by atoms with Crippen LogP contribution in [0.1, 0.15) is 66.3 Å². The molecule has 2 saturated heterocycles. The van der Waals surface area contributed by atoms with Gasteiger partial charge in [-0.1, -0.05) is 12.1 Å². The number of benzene rings is 1. The summed E-state index contributed by atoms with van der Waals surface area (Å²) in [5.41, 5.74) is 1.18. The van der Waals surface area contributed by atoms with Gasteiger partial charge >= 0.3 is 23.7 Å². The summed E-state index contributed by atoms with van der Waals surface area (Å²) in [6, 6.07) is 6.95. The van der Waals surface area contributed by atoms with Crippen molar-refractivity contribution >= 4 is 29.0 Å². The van der Waals surface area contributed by atoms with E-state index < -0.39 is 5.60 Å². The summed E-state index contributed by atoms with van der Waals surface area (Å²) in [4.78, 5) is 51.6. The minimum atomic E-state index is -0.440. The number of likely N-dealkylation sites (tertiary alicyclic amines) is 1. The van der Waals surface area contributed by atoms with Crippen LogP contribution >= 0.6 is 0 Å². The van der Waals surface area contributed by atoms with E-state index in [2.05, 4.69) is 10.2 Å². The SMILES string of the molecule is CC(C)(C)OC(=O)C1=CCOC=C1.CC(C)n1c(=O)n(C(=O)NCC2CCN(COC(=O)C3CCOCC3)CC2)c2ccccc21. The second-order valence-corrected chi connectivity index (χ2v) is 13.1. The summed E-state index contributed by atoms with van der Waals surface area (Å²) in [6.45, 7) is 13.5. The molecule has 46 heavy (non-hydrogen) atoms. The molecule has 1 aromatic heterocycles. The van der Waals surface area contributed by atoms with E-state index >= 15 is 0 Å². The number of hydrogen-bond donors (Lipinski definition) is 1. The molecule has 0 saturated carbocycles. The molecular weight excluding hydrogens is 592 g/mol. The molecule has 12 nitrogen and oxygen atoms in total. The van der Waals surface area contributed by atoms with Gasteiger partial charge in [0.05, 0.1) is 28.8 Å². The minimum absolute atomic E-state index is 0.0404. The van der Waals surface area contributed by atoms with Crippen molar-refractivity contribution < 1.29 is 33.3 Å². The van der Waals surface area contributed by atoms with E-state index in [1.54, 1.807) is 22.8 Å². The predicted octanol–water partition coefficient (Wildman–Crippen LogP) is 4.38. The Morgan fingerprint density at radius 2 is 1.70 bits per heavy atom. The van der Waals surface area contributed by atoms with Gasteiger partial charge in [-0.2, -0.15) is 0 Å². The van der Waals surface area contributed by atoms with Crippen molar-refractivity contribution in [2.24, 2.45) is 11.8 Å². The molecule has 0 atom stereocenters. The summed E-state index contributed by atoms with van der Waals surface area (Å²) in [5, 5.41) is 2.96. The third kappa shape index (κ3) is 9.56.